The molecule has 4 aromatic rings. The molecule has 30 heavy (non-hydrogen) atoms. The molecular formula is C24H21N3O2S. The van der Waals surface area contributed by atoms with Crippen LogP contribution in [0.3, 0.4) is 0 Å². The van der Waals surface area contributed by atoms with E-state index in [2.05, 4.69) is 10.3 Å². The van der Waals surface area contributed by atoms with Crippen molar-refractivity contribution in [2.45, 2.75) is 13.1 Å². The quantitative estimate of drug-likeness (QED) is 0.381. The van der Waals surface area contributed by atoms with Gasteiger partial charge in [0, 0.05) is 11.9 Å². The van der Waals surface area contributed by atoms with Gasteiger partial charge in [-0.05, 0) is 72.9 Å². The molecule has 6 heteroatoms. The number of furan rings is 1. The van der Waals surface area contributed by atoms with Crippen LogP contribution in [0.4, 0.5) is 5.69 Å². The molecule has 5 nitrogen and oxygen atoms in total. The molecule has 0 bridgehead atoms. The zero-order chi connectivity index (χ0) is 20.6. The second-order valence-electron chi connectivity index (χ2n) is 6.63. The third-order valence-electron chi connectivity index (χ3n) is 4.38. The lowest BCUT2D eigenvalue weighted by atomic mass is 10.3. The average Bonchev–Trinajstić information content (AvgIpc) is 3.29. The first-order valence-corrected chi connectivity index (χ1v) is 9.98. The van der Waals surface area contributed by atoms with E-state index in [1.165, 1.54) is 0 Å². The first kappa shape index (κ1) is 19.7. The highest BCUT2D eigenvalue weighted by Crippen LogP contribution is 2.23. The highest BCUT2D eigenvalue weighted by atomic mass is 32.1. The first-order valence-electron chi connectivity index (χ1n) is 9.57. The van der Waals surface area contributed by atoms with Gasteiger partial charge in [-0.3, -0.25) is 4.98 Å². The lowest BCUT2D eigenvalue weighted by molar-refractivity contribution is 0.357. The monoisotopic (exact) mass is 415 g/mol. The SMILES string of the molecule is S=C(Nc1ccc(Oc2ccccc2)cc1)N(Cc1ccccn1)Cc1ccco1. The predicted molar refractivity (Wildman–Crippen MR) is 121 cm³/mol. The van der Waals surface area contributed by atoms with Crippen LogP contribution in [0.2, 0.25) is 0 Å². The molecule has 0 spiro atoms. The molecule has 0 radical (unpaired) electrons. The van der Waals surface area contributed by atoms with E-state index in [4.69, 9.17) is 21.4 Å². The molecule has 150 valence electrons. The number of anilines is 1. The van der Waals surface area contributed by atoms with Crippen molar-refractivity contribution in [3.05, 3.63) is 109 Å². The Labute approximate surface area is 180 Å². The minimum Gasteiger partial charge on any atom is -0.467 e. The summed E-state index contributed by atoms with van der Waals surface area (Å²) < 4.78 is 11.4. The molecule has 0 atom stereocenters. The Hall–Kier alpha value is -3.64. The summed E-state index contributed by atoms with van der Waals surface area (Å²) in [6.07, 6.45) is 3.44. The van der Waals surface area contributed by atoms with Crippen molar-refractivity contribution in [2.24, 2.45) is 0 Å². The van der Waals surface area contributed by atoms with Crippen molar-refractivity contribution in [2.75, 3.05) is 5.32 Å². The lowest BCUT2D eigenvalue weighted by Crippen LogP contribution is -2.34. The van der Waals surface area contributed by atoms with E-state index >= 15 is 0 Å². The summed E-state index contributed by atoms with van der Waals surface area (Å²) in [6.45, 7) is 1.12. The van der Waals surface area contributed by atoms with E-state index in [1.54, 1.807) is 12.5 Å². The van der Waals surface area contributed by atoms with Gasteiger partial charge in [-0.15, -0.1) is 0 Å². The summed E-state index contributed by atoms with van der Waals surface area (Å²) in [5.41, 5.74) is 1.81. The van der Waals surface area contributed by atoms with Gasteiger partial charge in [-0.1, -0.05) is 24.3 Å². The average molecular weight is 416 g/mol. The molecule has 0 saturated carbocycles. The second-order valence-corrected chi connectivity index (χ2v) is 7.01. The number of nitrogens with zero attached hydrogens (tertiary/aromatic N) is 2. The molecule has 0 aliphatic carbocycles. The summed E-state index contributed by atoms with van der Waals surface area (Å²) in [4.78, 5) is 6.43. The fourth-order valence-corrected chi connectivity index (χ4v) is 3.16. The number of hydrogen-bond acceptors (Lipinski definition) is 4. The molecule has 2 aromatic heterocycles. The Morgan fingerprint density at radius 2 is 1.63 bits per heavy atom. The maximum absolute atomic E-state index is 5.84. The van der Waals surface area contributed by atoms with Crippen LogP contribution in [0.5, 0.6) is 11.5 Å². The van der Waals surface area contributed by atoms with E-state index in [-0.39, 0.29) is 0 Å². The van der Waals surface area contributed by atoms with E-state index in [1.807, 2.05) is 89.8 Å². The van der Waals surface area contributed by atoms with E-state index in [9.17, 15) is 0 Å². The van der Waals surface area contributed by atoms with Crippen molar-refractivity contribution >= 4 is 23.0 Å². The van der Waals surface area contributed by atoms with Crippen molar-refractivity contribution in [3.8, 4) is 11.5 Å². The van der Waals surface area contributed by atoms with Gasteiger partial charge in [0.05, 0.1) is 25.0 Å². The number of para-hydroxylation sites is 1. The van der Waals surface area contributed by atoms with Gasteiger partial charge in [0.25, 0.3) is 0 Å². The maximum atomic E-state index is 5.84. The number of thiocarbonyl (C=S) groups is 1. The summed E-state index contributed by atoms with van der Waals surface area (Å²) in [5.74, 6) is 2.40. The van der Waals surface area contributed by atoms with Gasteiger partial charge in [0.15, 0.2) is 5.11 Å². The van der Waals surface area contributed by atoms with Crippen molar-refractivity contribution in [3.63, 3.8) is 0 Å². The Balaban J connectivity index is 1.43. The fourth-order valence-electron chi connectivity index (χ4n) is 2.91. The van der Waals surface area contributed by atoms with Crippen LogP contribution in [0, 0.1) is 0 Å². The molecule has 4 rings (SSSR count). The third kappa shape index (κ3) is 5.46. The van der Waals surface area contributed by atoms with Gasteiger partial charge in [0.1, 0.15) is 17.3 Å². The minimum atomic E-state index is 0.546. The molecule has 2 aromatic carbocycles. The highest BCUT2D eigenvalue weighted by Gasteiger charge is 2.14. The Morgan fingerprint density at radius 1 is 0.867 bits per heavy atom. The number of rotatable bonds is 7. The van der Waals surface area contributed by atoms with Crippen LogP contribution in [0.1, 0.15) is 11.5 Å². The van der Waals surface area contributed by atoms with Gasteiger partial charge in [-0.25, -0.2) is 0 Å². The summed E-state index contributed by atoms with van der Waals surface area (Å²) in [6, 6.07) is 27.0. The normalized spacial score (nSPS) is 10.4. The number of hydrogen-bond donors (Lipinski definition) is 1. The van der Waals surface area contributed by atoms with Crippen molar-refractivity contribution in [1.82, 2.24) is 9.88 Å². The molecule has 1 N–H and O–H groups in total. The number of nitrogens with one attached hydrogen (secondary N) is 1. The van der Waals surface area contributed by atoms with Crippen LogP contribution in [-0.4, -0.2) is 15.0 Å². The standard InChI is InChI=1S/C24H21N3O2S/c30-24(26-19-11-13-22(14-12-19)29-21-8-2-1-3-9-21)27(18-23-10-6-16-28-23)17-20-7-4-5-15-25-20/h1-16H,17-18H2,(H,26,30). The Kier molecular flexibility index (Phi) is 6.37. The van der Waals surface area contributed by atoms with Crippen LogP contribution < -0.4 is 10.1 Å². The lowest BCUT2D eigenvalue weighted by Gasteiger charge is -2.25. The van der Waals surface area contributed by atoms with Crippen LogP contribution in [0.15, 0.2) is 102 Å². The Morgan fingerprint density at radius 3 is 2.33 bits per heavy atom. The predicted octanol–water partition coefficient (Wildman–Crippen LogP) is 5.87. The van der Waals surface area contributed by atoms with E-state index < -0.39 is 0 Å². The topological polar surface area (TPSA) is 50.5 Å². The van der Waals surface area contributed by atoms with Gasteiger partial charge >= 0.3 is 0 Å². The molecule has 0 aliphatic rings. The zero-order valence-electron chi connectivity index (χ0n) is 16.3. The zero-order valence-corrected chi connectivity index (χ0v) is 17.1. The van der Waals surface area contributed by atoms with E-state index in [0.717, 1.165) is 28.6 Å². The van der Waals surface area contributed by atoms with Crippen LogP contribution in [0.25, 0.3) is 0 Å². The molecule has 0 saturated heterocycles. The van der Waals surface area contributed by atoms with E-state index in [0.29, 0.717) is 18.2 Å². The maximum Gasteiger partial charge on any atom is 0.174 e. The Bertz CT molecular complexity index is 1050. The second kappa shape index (κ2) is 9.71. The first-order chi connectivity index (χ1) is 14.8. The number of benzene rings is 2. The number of ether oxygens (including phenoxy) is 1. The number of pyridine rings is 1. The minimum absolute atomic E-state index is 0.546. The summed E-state index contributed by atoms with van der Waals surface area (Å²) in [5, 5.41) is 3.89. The molecule has 0 amide bonds. The molecule has 2 heterocycles. The van der Waals surface area contributed by atoms with Gasteiger partial charge in [0.2, 0.25) is 0 Å². The fraction of sp³-hybridized carbons (Fsp3) is 0.0833. The molecule has 0 aliphatic heterocycles. The summed E-state index contributed by atoms with van der Waals surface area (Å²) >= 11 is 5.68. The largest absolute Gasteiger partial charge is 0.467 e. The van der Waals surface area contributed by atoms with Gasteiger partial charge < -0.3 is 19.4 Å². The molecule has 0 unspecified atom stereocenters. The third-order valence-corrected chi connectivity index (χ3v) is 4.74. The van der Waals surface area contributed by atoms with Crippen LogP contribution >= 0.6 is 12.2 Å². The molecular weight excluding hydrogens is 394 g/mol. The summed E-state index contributed by atoms with van der Waals surface area (Å²) in [7, 11) is 0. The van der Waals surface area contributed by atoms with Crippen molar-refractivity contribution < 1.29 is 9.15 Å². The van der Waals surface area contributed by atoms with Crippen molar-refractivity contribution in [1.29, 1.82) is 0 Å². The van der Waals surface area contributed by atoms with Crippen LogP contribution in [-0.2, 0) is 13.1 Å². The number of aromatic nitrogens is 1. The molecule has 0 fully saturated rings. The smallest absolute Gasteiger partial charge is 0.174 e. The highest BCUT2D eigenvalue weighted by molar-refractivity contribution is 7.80. The van der Waals surface area contributed by atoms with Gasteiger partial charge in [-0.2, -0.15) is 0 Å².